The number of pyridine rings is 1. The SMILES string of the molecule is c1ccc(-c2cc(-c3ccccc3-c3cccnc3)nc(-c3cc(-c4ccc5oc6ccc7ccccc7c6c5c4)cc(-c4ccc5oc6ccc7ccccc7c6c5c4)c3)n2)cc1. The first kappa shape index (κ1) is 36.0. The number of rotatable bonds is 6. The molecule has 0 fully saturated rings. The van der Waals surface area contributed by atoms with Crippen molar-refractivity contribution in [1.82, 2.24) is 15.0 Å². The van der Waals surface area contributed by atoms with Gasteiger partial charge in [0, 0.05) is 56.2 Å². The van der Waals surface area contributed by atoms with Crippen LogP contribution in [0.4, 0.5) is 0 Å². The van der Waals surface area contributed by atoms with Gasteiger partial charge >= 0.3 is 0 Å². The van der Waals surface area contributed by atoms with Crippen molar-refractivity contribution < 1.29 is 8.83 Å². The zero-order chi connectivity index (χ0) is 42.1. The number of furan rings is 2. The molecule has 298 valence electrons. The zero-order valence-electron chi connectivity index (χ0n) is 34.4. The smallest absolute Gasteiger partial charge is 0.160 e. The highest BCUT2D eigenvalue weighted by molar-refractivity contribution is 6.20. The van der Waals surface area contributed by atoms with Crippen molar-refractivity contribution in [3.05, 3.63) is 213 Å². The minimum Gasteiger partial charge on any atom is -0.456 e. The topological polar surface area (TPSA) is 65.0 Å². The molecule has 0 atom stereocenters. The van der Waals surface area contributed by atoms with Crippen molar-refractivity contribution in [1.29, 1.82) is 0 Å². The van der Waals surface area contributed by atoms with Gasteiger partial charge in [-0.25, -0.2) is 9.97 Å². The third kappa shape index (κ3) is 5.98. The van der Waals surface area contributed by atoms with Gasteiger partial charge < -0.3 is 8.83 Å². The van der Waals surface area contributed by atoms with Gasteiger partial charge in [-0.3, -0.25) is 4.98 Å². The maximum absolute atomic E-state index is 6.46. The Hall–Kier alpha value is -8.67. The first-order valence-electron chi connectivity index (χ1n) is 21.5. The Labute approximate surface area is 367 Å². The molecular formula is C59H35N3O2. The van der Waals surface area contributed by atoms with Crippen LogP contribution in [0.5, 0.6) is 0 Å². The summed E-state index contributed by atoms with van der Waals surface area (Å²) in [4.78, 5) is 15.2. The normalized spacial score (nSPS) is 11.8. The van der Waals surface area contributed by atoms with E-state index in [1.165, 1.54) is 21.5 Å². The molecule has 0 aliphatic carbocycles. The van der Waals surface area contributed by atoms with E-state index in [1.54, 1.807) is 6.20 Å². The van der Waals surface area contributed by atoms with E-state index < -0.39 is 0 Å². The van der Waals surface area contributed by atoms with E-state index in [-0.39, 0.29) is 0 Å². The second-order valence-corrected chi connectivity index (χ2v) is 16.4. The molecule has 9 aromatic carbocycles. The van der Waals surface area contributed by atoms with Gasteiger partial charge in [0.2, 0.25) is 0 Å². The van der Waals surface area contributed by atoms with Crippen LogP contribution >= 0.6 is 0 Å². The Kier molecular flexibility index (Phi) is 8.15. The minimum atomic E-state index is 0.627. The van der Waals surface area contributed by atoms with Crippen molar-refractivity contribution in [2.75, 3.05) is 0 Å². The molecule has 0 N–H and O–H groups in total. The van der Waals surface area contributed by atoms with E-state index in [9.17, 15) is 0 Å². The van der Waals surface area contributed by atoms with Crippen molar-refractivity contribution in [3.63, 3.8) is 0 Å². The molecule has 64 heavy (non-hydrogen) atoms. The molecule has 4 heterocycles. The second kappa shape index (κ2) is 14.5. The van der Waals surface area contributed by atoms with Gasteiger partial charge in [0.15, 0.2) is 5.82 Å². The average Bonchev–Trinajstić information content (AvgIpc) is 3.95. The molecule has 4 aromatic heterocycles. The van der Waals surface area contributed by atoms with Crippen LogP contribution in [0.2, 0.25) is 0 Å². The van der Waals surface area contributed by atoms with Crippen LogP contribution in [0, 0.1) is 0 Å². The van der Waals surface area contributed by atoms with Crippen LogP contribution in [0.1, 0.15) is 0 Å². The standard InChI is InChI=1S/C59H35N3O2/c1-2-13-38(14-3-1)51-34-52(48-19-9-8-16-45(48)41-15-10-28-60-35-41)62-59(61-51)44-30-42(39-22-24-53-49(32-39)57-46-17-6-4-11-36(46)20-26-55(57)63-53)29-43(31-44)40-23-25-54-50(33-40)58-47-18-7-5-12-37(47)21-27-56(58)64-54/h1-35H. The molecule has 0 saturated carbocycles. The van der Waals surface area contributed by atoms with Crippen LogP contribution in [-0.4, -0.2) is 15.0 Å². The van der Waals surface area contributed by atoms with E-state index >= 15 is 0 Å². The van der Waals surface area contributed by atoms with Crippen LogP contribution in [0.15, 0.2) is 221 Å². The van der Waals surface area contributed by atoms with Crippen molar-refractivity contribution in [2.45, 2.75) is 0 Å². The fourth-order valence-electron chi connectivity index (χ4n) is 9.49. The lowest BCUT2D eigenvalue weighted by molar-refractivity contribution is 0.669. The summed E-state index contributed by atoms with van der Waals surface area (Å²) < 4.78 is 12.9. The zero-order valence-corrected chi connectivity index (χ0v) is 34.4. The minimum absolute atomic E-state index is 0.627. The molecule has 0 saturated heterocycles. The lowest BCUT2D eigenvalue weighted by Crippen LogP contribution is -1.98. The van der Waals surface area contributed by atoms with Crippen LogP contribution in [-0.2, 0) is 0 Å². The van der Waals surface area contributed by atoms with E-state index in [0.29, 0.717) is 5.82 Å². The van der Waals surface area contributed by atoms with Crippen molar-refractivity contribution >= 4 is 65.4 Å². The Morgan fingerprint density at radius 3 is 1.47 bits per heavy atom. The summed E-state index contributed by atoms with van der Waals surface area (Å²) in [6.45, 7) is 0. The third-order valence-electron chi connectivity index (χ3n) is 12.5. The van der Waals surface area contributed by atoms with Crippen molar-refractivity contribution in [3.8, 4) is 67.3 Å². The molecule has 0 bridgehead atoms. The molecule has 5 nitrogen and oxygen atoms in total. The highest BCUT2D eigenvalue weighted by atomic mass is 16.3. The Morgan fingerprint density at radius 1 is 0.312 bits per heavy atom. The summed E-state index contributed by atoms with van der Waals surface area (Å²) in [6, 6.07) is 70.1. The van der Waals surface area contributed by atoms with E-state index in [2.05, 4.69) is 193 Å². The number of fused-ring (bicyclic) bond motifs is 10. The lowest BCUT2D eigenvalue weighted by Gasteiger charge is -2.15. The second-order valence-electron chi connectivity index (χ2n) is 16.4. The number of aromatic nitrogens is 3. The molecule has 13 aromatic rings. The molecule has 0 unspecified atom stereocenters. The molecule has 13 rings (SSSR count). The van der Waals surface area contributed by atoms with E-state index in [0.717, 1.165) is 105 Å². The molecule has 0 spiro atoms. The highest BCUT2D eigenvalue weighted by Gasteiger charge is 2.19. The fraction of sp³-hybridized carbons (Fsp3) is 0. The van der Waals surface area contributed by atoms with Crippen LogP contribution < -0.4 is 0 Å². The van der Waals surface area contributed by atoms with E-state index in [1.807, 2.05) is 18.3 Å². The molecule has 0 amide bonds. The van der Waals surface area contributed by atoms with Crippen molar-refractivity contribution in [2.24, 2.45) is 0 Å². The first-order valence-corrected chi connectivity index (χ1v) is 21.5. The first-order chi connectivity index (χ1) is 31.7. The van der Waals surface area contributed by atoms with E-state index in [4.69, 9.17) is 18.8 Å². The number of nitrogens with zero attached hydrogens (tertiary/aromatic N) is 3. The monoisotopic (exact) mass is 817 g/mol. The third-order valence-corrected chi connectivity index (χ3v) is 12.5. The molecular weight excluding hydrogens is 783 g/mol. The quantitative estimate of drug-likeness (QED) is 0.167. The predicted molar refractivity (Wildman–Crippen MR) is 262 cm³/mol. The van der Waals surface area contributed by atoms with Crippen LogP contribution in [0.3, 0.4) is 0 Å². The van der Waals surface area contributed by atoms with Gasteiger partial charge in [0.05, 0.1) is 11.4 Å². The summed E-state index contributed by atoms with van der Waals surface area (Å²) in [5.74, 6) is 0.627. The van der Waals surface area contributed by atoms with Gasteiger partial charge in [0.25, 0.3) is 0 Å². The molecule has 0 radical (unpaired) electrons. The lowest BCUT2D eigenvalue weighted by atomic mass is 9.93. The summed E-state index contributed by atoms with van der Waals surface area (Å²) in [5, 5.41) is 9.08. The van der Waals surface area contributed by atoms with Gasteiger partial charge in [-0.1, -0.05) is 133 Å². The predicted octanol–water partition coefficient (Wildman–Crippen LogP) is 16.0. The highest BCUT2D eigenvalue weighted by Crippen LogP contribution is 2.42. The largest absolute Gasteiger partial charge is 0.456 e. The summed E-state index contributed by atoms with van der Waals surface area (Å²) in [5.41, 5.74) is 14.3. The Balaban J connectivity index is 1.06. The average molecular weight is 818 g/mol. The summed E-state index contributed by atoms with van der Waals surface area (Å²) >= 11 is 0. The van der Waals surface area contributed by atoms with Crippen LogP contribution in [0.25, 0.3) is 133 Å². The Bertz CT molecular complexity index is 3790. The number of hydrogen-bond donors (Lipinski definition) is 0. The fourth-order valence-corrected chi connectivity index (χ4v) is 9.49. The maximum Gasteiger partial charge on any atom is 0.160 e. The molecule has 5 heteroatoms. The van der Waals surface area contributed by atoms with Gasteiger partial charge in [-0.05, 0) is 116 Å². The maximum atomic E-state index is 6.46. The van der Waals surface area contributed by atoms with Gasteiger partial charge in [0.1, 0.15) is 22.3 Å². The summed E-state index contributed by atoms with van der Waals surface area (Å²) in [7, 11) is 0. The summed E-state index contributed by atoms with van der Waals surface area (Å²) in [6.07, 6.45) is 3.71. The van der Waals surface area contributed by atoms with Gasteiger partial charge in [-0.15, -0.1) is 0 Å². The van der Waals surface area contributed by atoms with Gasteiger partial charge in [-0.2, -0.15) is 0 Å². The number of hydrogen-bond acceptors (Lipinski definition) is 5. The Morgan fingerprint density at radius 2 is 0.844 bits per heavy atom. The molecule has 0 aliphatic heterocycles. The number of benzene rings is 9. The molecule has 0 aliphatic rings.